The highest BCUT2D eigenvalue weighted by Crippen LogP contribution is 2.39. The molecule has 1 N–H and O–H groups in total. The fourth-order valence-corrected chi connectivity index (χ4v) is 5.47. The minimum Gasteiger partial charge on any atom is -0.388 e. The zero-order valence-corrected chi connectivity index (χ0v) is 13.6. The lowest BCUT2D eigenvalue weighted by molar-refractivity contribution is 0.0801. The summed E-state index contributed by atoms with van der Waals surface area (Å²) < 4.78 is 0. The van der Waals surface area contributed by atoms with Crippen molar-refractivity contribution in [1.82, 2.24) is 0 Å². The van der Waals surface area contributed by atoms with E-state index in [4.69, 9.17) is 0 Å². The monoisotopic (exact) mass is 290 g/mol. The molecular weight excluding hydrogens is 260 g/mol. The first-order valence-electron chi connectivity index (χ1n) is 7.74. The molecule has 0 aromatic rings. The second-order valence-electron chi connectivity index (χ2n) is 5.68. The van der Waals surface area contributed by atoms with Crippen molar-refractivity contribution < 1.29 is 5.11 Å². The molecule has 0 amide bonds. The first kappa shape index (κ1) is 16.7. The molecule has 0 aliphatic carbocycles. The van der Waals surface area contributed by atoms with Gasteiger partial charge in [-0.05, 0) is 6.42 Å². The van der Waals surface area contributed by atoms with Crippen LogP contribution < -0.4 is 0 Å². The van der Waals surface area contributed by atoms with E-state index in [1.165, 1.54) is 64.2 Å². The normalized spacial score (nSPS) is 18.3. The van der Waals surface area contributed by atoms with Gasteiger partial charge in [0.2, 0.25) is 0 Å². The summed E-state index contributed by atoms with van der Waals surface area (Å²) in [6.07, 6.45) is 14.8. The molecule has 18 heavy (non-hydrogen) atoms. The van der Waals surface area contributed by atoms with Crippen LogP contribution in [0.5, 0.6) is 0 Å². The molecule has 1 aliphatic rings. The SMILES string of the molecule is CCCCCCCCCCCCC1(O)CSSC1. The van der Waals surface area contributed by atoms with E-state index in [1.54, 1.807) is 0 Å². The maximum absolute atomic E-state index is 10.2. The minimum atomic E-state index is -0.338. The van der Waals surface area contributed by atoms with Gasteiger partial charge in [0.1, 0.15) is 0 Å². The molecule has 1 heterocycles. The topological polar surface area (TPSA) is 20.2 Å². The summed E-state index contributed by atoms with van der Waals surface area (Å²) in [6, 6.07) is 0. The summed E-state index contributed by atoms with van der Waals surface area (Å²) in [5.41, 5.74) is -0.338. The van der Waals surface area contributed by atoms with Crippen LogP contribution in [-0.4, -0.2) is 22.2 Å². The Morgan fingerprint density at radius 2 is 1.22 bits per heavy atom. The first-order valence-corrected chi connectivity index (χ1v) is 10.2. The van der Waals surface area contributed by atoms with Crippen molar-refractivity contribution in [3.05, 3.63) is 0 Å². The van der Waals surface area contributed by atoms with Crippen molar-refractivity contribution in [3.63, 3.8) is 0 Å². The van der Waals surface area contributed by atoms with Crippen molar-refractivity contribution in [1.29, 1.82) is 0 Å². The van der Waals surface area contributed by atoms with Crippen molar-refractivity contribution in [2.75, 3.05) is 11.5 Å². The van der Waals surface area contributed by atoms with E-state index < -0.39 is 0 Å². The quantitative estimate of drug-likeness (QED) is 0.405. The molecule has 1 nitrogen and oxygen atoms in total. The Morgan fingerprint density at radius 1 is 0.778 bits per heavy atom. The molecular formula is C15H30OS2. The van der Waals surface area contributed by atoms with Gasteiger partial charge >= 0.3 is 0 Å². The van der Waals surface area contributed by atoms with Crippen LogP contribution in [0.3, 0.4) is 0 Å². The van der Waals surface area contributed by atoms with Gasteiger partial charge in [-0.1, -0.05) is 92.7 Å². The van der Waals surface area contributed by atoms with E-state index in [2.05, 4.69) is 6.92 Å². The highest BCUT2D eigenvalue weighted by atomic mass is 33.1. The second-order valence-corrected chi connectivity index (χ2v) is 8.14. The Hall–Kier alpha value is 0.660. The summed E-state index contributed by atoms with van der Waals surface area (Å²) >= 11 is 0. The fourth-order valence-electron chi connectivity index (χ4n) is 2.43. The Balaban J connectivity index is 1.78. The van der Waals surface area contributed by atoms with Gasteiger partial charge in [0.25, 0.3) is 0 Å². The third-order valence-electron chi connectivity index (χ3n) is 3.73. The second kappa shape index (κ2) is 10.4. The van der Waals surface area contributed by atoms with Crippen LogP contribution in [0, 0.1) is 0 Å². The Labute approximate surface area is 121 Å². The summed E-state index contributed by atoms with van der Waals surface area (Å²) in [4.78, 5) is 0. The van der Waals surface area contributed by atoms with Gasteiger partial charge in [0.05, 0.1) is 5.60 Å². The molecule has 108 valence electrons. The smallest absolute Gasteiger partial charge is 0.0844 e. The van der Waals surface area contributed by atoms with Gasteiger partial charge < -0.3 is 5.11 Å². The van der Waals surface area contributed by atoms with Crippen LogP contribution in [0.1, 0.15) is 77.6 Å². The van der Waals surface area contributed by atoms with Gasteiger partial charge in [-0.3, -0.25) is 0 Å². The van der Waals surface area contributed by atoms with Gasteiger partial charge in [0.15, 0.2) is 0 Å². The van der Waals surface area contributed by atoms with Gasteiger partial charge in [-0.25, -0.2) is 0 Å². The summed E-state index contributed by atoms with van der Waals surface area (Å²) in [5, 5.41) is 10.2. The third-order valence-corrected chi connectivity index (χ3v) is 6.42. The number of unbranched alkanes of at least 4 members (excludes halogenated alkanes) is 9. The van der Waals surface area contributed by atoms with Gasteiger partial charge in [-0.2, -0.15) is 0 Å². The Bertz CT molecular complexity index is 191. The average molecular weight is 291 g/mol. The fraction of sp³-hybridized carbons (Fsp3) is 1.00. The molecule has 0 saturated carbocycles. The molecule has 3 heteroatoms. The van der Waals surface area contributed by atoms with Crippen molar-refractivity contribution in [2.24, 2.45) is 0 Å². The zero-order valence-electron chi connectivity index (χ0n) is 12.0. The highest BCUT2D eigenvalue weighted by Gasteiger charge is 2.31. The van der Waals surface area contributed by atoms with E-state index in [0.29, 0.717) is 0 Å². The lowest BCUT2D eigenvalue weighted by Crippen LogP contribution is -2.30. The Kier molecular flexibility index (Phi) is 9.70. The third kappa shape index (κ3) is 7.96. The highest BCUT2D eigenvalue weighted by molar-refractivity contribution is 8.77. The van der Waals surface area contributed by atoms with Crippen LogP contribution >= 0.6 is 21.6 Å². The van der Waals surface area contributed by atoms with E-state index in [0.717, 1.165) is 17.9 Å². The van der Waals surface area contributed by atoms with Crippen molar-refractivity contribution in [3.8, 4) is 0 Å². The molecule has 1 saturated heterocycles. The lowest BCUT2D eigenvalue weighted by atomic mass is 9.99. The van der Waals surface area contributed by atoms with Crippen molar-refractivity contribution in [2.45, 2.75) is 83.2 Å². The first-order chi connectivity index (χ1) is 8.77. The van der Waals surface area contributed by atoms with Crippen LogP contribution in [0.4, 0.5) is 0 Å². The standard InChI is InChI=1S/C15H30OS2/c1-2-3-4-5-6-7-8-9-10-11-12-15(16)13-17-18-14-15/h16H,2-14H2,1H3. The summed E-state index contributed by atoms with van der Waals surface area (Å²) in [5.74, 6) is 1.88. The maximum Gasteiger partial charge on any atom is 0.0844 e. The molecule has 1 rings (SSSR count). The van der Waals surface area contributed by atoms with Crippen LogP contribution in [-0.2, 0) is 0 Å². The number of aliphatic hydroxyl groups is 1. The minimum absolute atomic E-state index is 0.338. The summed E-state index contributed by atoms with van der Waals surface area (Å²) in [6.45, 7) is 2.27. The molecule has 0 spiro atoms. The average Bonchev–Trinajstić information content (AvgIpc) is 2.79. The molecule has 0 atom stereocenters. The van der Waals surface area contributed by atoms with E-state index in [-0.39, 0.29) is 5.60 Å². The molecule has 1 aliphatic heterocycles. The molecule has 0 bridgehead atoms. The lowest BCUT2D eigenvalue weighted by Gasteiger charge is -2.19. The molecule has 0 aromatic heterocycles. The maximum atomic E-state index is 10.2. The van der Waals surface area contributed by atoms with E-state index in [1.807, 2.05) is 21.6 Å². The van der Waals surface area contributed by atoms with Gasteiger partial charge in [0, 0.05) is 11.5 Å². The molecule has 0 unspecified atom stereocenters. The largest absolute Gasteiger partial charge is 0.388 e. The zero-order chi connectivity index (χ0) is 13.1. The predicted octanol–water partition coefficient (Wildman–Crippen LogP) is 5.42. The van der Waals surface area contributed by atoms with Crippen LogP contribution in [0.15, 0.2) is 0 Å². The molecule has 1 fully saturated rings. The molecule has 0 radical (unpaired) electrons. The van der Waals surface area contributed by atoms with Crippen LogP contribution in [0.25, 0.3) is 0 Å². The van der Waals surface area contributed by atoms with Gasteiger partial charge in [-0.15, -0.1) is 0 Å². The predicted molar refractivity (Wildman–Crippen MR) is 86.3 cm³/mol. The number of hydrogen-bond acceptors (Lipinski definition) is 3. The van der Waals surface area contributed by atoms with Crippen molar-refractivity contribution >= 4 is 21.6 Å². The number of rotatable bonds is 11. The molecule has 0 aromatic carbocycles. The number of hydrogen-bond donors (Lipinski definition) is 1. The Morgan fingerprint density at radius 3 is 1.72 bits per heavy atom. The van der Waals surface area contributed by atoms with E-state index >= 15 is 0 Å². The summed E-state index contributed by atoms with van der Waals surface area (Å²) in [7, 11) is 3.66. The van der Waals surface area contributed by atoms with Crippen LogP contribution in [0.2, 0.25) is 0 Å². The van der Waals surface area contributed by atoms with E-state index in [9.17, 15) is 5.11 Å².